The van der Waals surface area contributed by atoms with Gasteiger partial charge in [0, 0.05) is 22.5 Å². The predicted octanol–water partition coefficient (Wildman–Crippen LogP) is 4.21. The van der Waals surface area contributed by atoms with Crippen molar-refractivity contribution < 1.29 is 17.6 Å². The topological polar surface area (TPSA) is 52.0 Å². The number of benzene rings is 3. The van der Waals surface area contributed by atoms with E-state index in [0.717, 1.165) is 0 Å². The van der Waals surface area contributed by atoms with Crippen LogP contribution >= 0.6 is 0 Å². The molecule has 0 saturated carbocycles. The van der Waals surface area contributed by atoms with Gasteiger partial charge >= 0.3 is 0 Å². The number of rotatable bonds is 0. The third-order valence-electron chi connectivity index (χ3n) is 3.75. The molecule has 0 spiro atoms. The Labute approximate surface area is 158 Å². The van der Waals surface area contributed by atoms with Crippen LogP contribution < -0.4 is 11.5 Å². The molecule has 0 fully saturated rings. The maximum absolute atomic E-state index is 14.3. The number of halogens is 4. The van der Waals surface area contributed by atoms with Crippen LogP contribution in [-0.2, 0) is 0 Å². The molecular formula is C22H12F4N2. The molecule has 0 unspecified atom stereocenters. The molecule has 0 saturated heterocycles. The molecule has 28 heavy (non-hydrogen) atoms. The lowest BCUT2D eigenvalue weighted by molar-refractivity contribution is 0.447. The van der Waals surface area contributed by atoms with E-state index in [1.807, 2.05) is 0 Å². The van der Waals surface area contributed by atoms with E-state index >= 15 is 0 Å². The monoisotopic (exact) mass is 380 g/mol. The molecule has 4 N–H and O–H groups in total. The lowest BCUT2D eigenvalue weighted by atomic mass is 10.1. The molecule has 0 aliphatic rings. The SMILES string of the molecule is Nc1ccc(C#Cc2c(F)c(F)c(C#Cc3ccc(N)cc3)c(F)c2F)cc1. The molecule has 0 aliphatic heterocycles. The zero-order valence-electron chi connectivity index (χ0n) is 14.3. The molecule has 3 aromatic rings. The second-order valence-corrected chi connectivity index (χ2v) is 5.75. The molecular weight excluding hydrogens is 368 g/mol. The first-order chi connectivity index (χ1) is 13.4. The Kier molecular flexibility index (Phi) is 5.24. The van der Waals surface area contributed by atoms with Crippen LogP contribution in [-0.4, -0.2) is 0 Å². The largest absolute Gasteiger partial charge is 0.399 e. The molecule has 0 aromatic heterocycles. The zero-order valence-corrected chi connectivity index (χ0v) is 14.3. The van der Waals surface area contributed by atoms with Gasteiger partial charge in [-0.2, -0.15) is 0 Å². The lowest BCUT2D eigenvalue weighted by Crippen LogP contribution is -2.04. The van der Waals surface area contributed by atoms with Gasteiger partial charge in [-0.3, -0.25) is 0 Å². The molecule has 2 nitrogen and oxygen atoms in total. The number of hydrogen-bond acceptors (Lipinski definition) is 2. The normalized spacial score (nSPS) is 9.86. The van der Waals surface area contributed by atoms with Gasteiger partial charge in [0.05, 0.1) is 0 Å². The highest BCUT2D eigenvalue weighted by molar-refractivity contribution is 5.53. The standard InChI is InChI=1S/C22H12F4N2/c23-19-17(11-5-13-1-7-15(27)8-2-13)20(24)22(26)18(21(19)25)12-6-14-3-9-16(28)10-4-14/h1-4,7-10H,27-28H2. The van der Waals surface area contributed by atoms with Crippen molar-refractivity contribution in [3.05, 3.63) is 94.1 Å². The fraction of sp³-hybridized carbons (Fsp3) is 0. The van der Waals surface area contributed by atoms with Crippen LogP contribution in [0.4, 0.5) is 28.9 Å². The van der Waals surface area contributed by atoms with E-state index in [2.05, 4.69) is 23.7 Å². The minimum Gasteiger partial charge on any atom is -0.399 e. The first-order valence-electron chi connectivity index (χ1n) is 7.98. The number of anilines is 2. The minimum atomic E-state index is -1.61. The maximum Gasteiger partial charge on any atom is 0.178 e. The Hall–Kier alpha value is -3.90. The second kappa shape index (κ2) is 7.77. The Morgan fingerprint density at radius 3 is 1.04 bits per heavy atom. The predicted molar refractivity (Wildman–Crippen MR) is 99.9 cm³/mol. The summed E-state index contributed by atoms with van der Waals surface area (Å²) in [7, 11) is 0. The summed E-state index contributed by atoms with van der Waals surface area (Å²) >= 11 is 0. The molecule has 0 radical (unpaired) electrons. The van der Waals surface area contributed by atoms with Gasteiger partial charge < -0.3 is 11.5 Å². The van der Waals surface area contributed by atoms with Gasteiger partial charge in [0.2, 0.25) is 0 Å². The van der Waals surface area contributed by atoms with E-state index in [0.29, 0.717) is 22.5 Å². The Bertz CT molecular complexity index is 1040. The number of hydrogen-bond donors (Lipinski definition) is 2. The lowest BCUT2D eigenvalue weighted by Gasteiger charge is -2.04. The average Bonchev–Trinajstić information content (AvgIpc) is 2.69. The summed E-state index contributed by atoms with van der Waals surface area (Å²) in [5.74, 6) is 2.69. The smallest absolute Gasteiger partial charge is 0.178 e. The second-order valence-electron chi connectivity index (χ2n) is 5.75. The van der Waals surface area contributed by atoms with Crippen molar-refractivity contribution in [2.45, 2.75) is 0 Å². The fourth-order valence-electron chi connectivity index (χ4n) is 2.25. The number of nitrogens with two attached hydrogens (primary N) is 2. The molecule has 138 valence electrons. The molecule has 0 atom stereocenters. The van der Waals surface area contributed by atoms with Crippen LogP contribution in [0.2, 0.25) is 0 Å². The molecule has 0 heterocycles. The highest BCUT2D eigenvalue weighted by Crippen LogP contribution is 2.23. The van der Waals surface area contributed by atoms with Crippen molar-refractivity contribution in [2.75, 3.05) is 11.5 Å². The van der Waals surface area contributed by atoms with E-state index in [9.17, 15) is 17.6 Å². The molecule has 0 amide bonds. The summed E-state index contributed by atoms with van der Waals surface area (Å²) in [5, 5.41) is 0. The average molecular weight is 380 g/mol. The van der Waals surface area contributed by atoms with Crippen LogP contribution in [0.25, 0.3) is 0 Å². The molecule has 3 rings (SSSR count). The summed E-state index contributed by atoms with van der Waals surface area (Å²) in [6, 6.07) is 12.2. The summed E-state index contributed by atoms with van der Waals surface area (Å²) in [6.45, 7) is 0. The number of nitrogen functional groups attached to an aromatic ring is 2. The molecule has 0 aliphatic carbocycles. The van der Waals surface area contributed by atoms with Crippen molar-refractivity contribution in [3.8, 4) is 23.7 Å². The van der Waals surface area contributed by atoms with Crippen LogP contribution in [0, 0.1) is 47.0 Å². The van der Waals surface area contributed by atoms with Gasteiger partial charge in [-0.15, -0.1) is 0 Å². The van der Waals surface area contributed by atoms with E-state index in [4.69, 9.17) is 11.5 Å². The van der Waals surface area contributed by atoms with Crippen LogP contribution in [0.15, 0.2) is 48.5 Å². The van der Waals surface area contributed by atoms with Gasteiger partial charge in [0.15, 0.2) is 23.3 Å². The quantitative estimate of drug-likeness (QED) is 0.266. The summed E-state index contributed by atoms with van der Waals surface area (Å²) in [6.07, 6.45) is 0. The van der Waals surface area contributed by atoms with Crippen molar-refractivity contribution >= 4 is 11.4 Å². The van der Waals surface area contributed by atoms with Gasteiger partial charge in [-0.25, -0.2) is 17.6 Å². The van der Waals surface area contributed by atoms with E-state index in [1.54, 1.807) is 0 Å². The zero-order chi connectivity index (χ0) is 20.3. The van der Waals surface area contributed by atoms with Crippen molar-refractivity contribution in [1.82, 2.24) is 0 Å². The Morgan fingerprint density at radius 2 is 0.750 bits per heavy atom. The van der Waals surface area contributed by atoms with Crippen molar-refractivity contribution in [1.29, 1.82) is 0 Å². The first kappa shape index (κ1) is 18.9. The third-order valence-corrected chi connectivity index (χ3v) is 3.75. The molecule has 6 heteroatoms. The molecule has 3 aromatic carbocycles. The maximum atomic E-state index is 14.3. The summed E-state index contributed by atoms with van der Waals surface area (Å²) in [4.78, 5) is 0. The molecule has 0 bridgehead atoms. The van der Waals surface area contributed by atoms with Crippen LogP contribution in [0.1, 0.15) is 22.3 Å². The van der Waals surface area contributed by atoms with E-state index in [-0.39, 0.29) is 0 Å². The van der Waals surface area contributed by atoms with Crippen molar-refractivity contribution in [3.63, 3.8) is 0 Å². The highest BCUT2D eigenvalue weighted by Gasteiger charge is 2.23. The van der Waals surface area contributed by atoms with Gasteiger partial charge in [0.25, 0.3) is 0 Å². The Morgan fingerprint density at radius 1 is 0.464 bits per heavy atom. The van der Waals surface area contributed by atoms with Gasteiger partial charge in [-0.1, -0.05) is 23.7 Å². The van der Waals surface area contributed by atoms with Crippen LogP contribution in [0.3, 0.4) is 0 Å². The van der Waals surface area contributed by atoms with Crippen molar-refractivity contribution in [2.24, 2.45) is 0 Å². The Balaban J connectivity index is 2.03. The highest BCUT2D eigenvalue weighted by atomic mass is 19.2. The third kappa shape index (κ3) is 3.92. The minimum absolute atomic E-state index is 0.376. The first-order valence-corrected chi connectivity index (χ1v) is 7.98. The van der Waals surface area contributed by atoms with E-state index in [1.165, 1.54) is 48.5 Å². The van der Waals surface area contributed by atoms with Gasteiger partial charge in [0.1, 0.15) is 11.1 Å². The van der Waals surface area contributed by atoms with Gasteiger partial charge in [-0.05, 0) is 48.5 Å². The van der Waals surface area contributed by atoms with E-state index < -0.39 is 34.4 Å². The summed E-state index contributed by atoms with van der Waals surface area (Å²) < 4.78 is 57.0. The fourth-order valence-corrected chi connectivity index (χ4v) is 2.25. The summed E-state index contributed by atoms with van der Waals surface area (Å²) in [5.41, 5.74) is 10.7. The van der Waals surface area contributed by atoms with Crippen LogP contribution in [0.5, 0.6) is 0 Å².